The molecule has 0 aliphatic carbocycles. The van der Waals surface area contributed by atoms with Gasteiger partial charge in [-0.25, -0.2) is 0 Å². The highest BCUT2D eigenvalue weighted by Crippen LogP contribution is 2.26. The smallest absolute Gasteiger partial charge is 0.227 e. The quantitative estimate of drug-likeness (QED) is 0.796. The molecule has 2 aliphatic rings. The molecule has 2 aromatic rings. The van der Waals surface area contributed by atoms with E-state index in [1.807, 2.05) is 31.2 Å². The molecule has 0 amide bonds. The summed E-state index contributed by atoms with van der Waals surface area (Å²) in [7, 11) is 0. The van der Waals surface area contributed by atoms with Crippen LogP contribution in [-0.4, -0.2) is 42.5 Å². The maximum Gasteiger partial charge on any atom is 0.227 e. The molecular weight excluding hydrogens is 266 g/mol. The molecule has 0 saturated carbocycles. The molecule has 21 heavy (non-hydrogen) atoms. The molecule has 2 fully saturated rings. The predicted molar refractivity (Wildman–Crippen MR) is 79.6 cm³/mol. The minimum atomic E-state index is -0.388. The predicted octanol–water partition coefficient (Wildman–Crippen LogP) is 2.79. The summed E-state index contributed by atoms with van der Waals surface area (Å²) < 4.78 is 11.5. The van der Waals surface area contributed by atoms with Crippen molar-refractivity contribution in [2.45, 2.75) is 31.9 Å². The summed E-state index contributed by atoms with van der Waals surface area (Å²) in [5, 5.41) is 0.980. The number of rotatable bonds is 2. The zero-order chi connectivity index (χ0) is 14.4. The second-order valence-corrected chi connectivity index (χ2v) is 6.13. The number of carbonyl (C=O) groups excluding carboxylic acids is 1. The number of hydrogen-bond acceptors (Lipinski definition) is 4. The zero-order valence-electron chi connectivity index (χ0n) is 12.2. The van der Waals surface area contributed by atoms with E-state index in [1.165, 1.54) is 12.8 Å². The van der Waals surface area contributed by atoms with E-state index in [2.05, 4.69) is 4.90 Å². The number of benzene rings is 1. The zero-order valence-corrected chi connectivity index (χ0v) is 12.2. The third-order valence-corrected chi connectivity index (χ3v) is 4.60. The van der Waals surface area contributed by atoms with E-state index < -0.39 is 0 Å². The summed E-state index contributed by atoms with van der Waals surface area (Å²) in [5.41, 5.74) is 1.93. The van der Waals surface area contributed by atoms with Crippen molar-refractivity contribution in [1.82, 2.24) is 4.90 Å². The van der Waals surface area contributed by atoms with Crippen molar-refractivity contribution in [3.63, 3.8) is 0 Å². The third-order valence-electron chi connectivity index (χ3n) is 4.60. The van der Waals surface area contributed by atoms with Crippen LogP contribution in [0.2, 0.25) is 0 Å². The van der Waals surface area contributed by atoms with E-state index in [1.54, 1.807) is 0 Å². The molecule has 4 nitrogen and oxygen atoms in total. The lowest BCUT2D eigenvalue weighted by Gasteiger charge is -2.33. The first-order valence-electron chi connectivity index (χ1n) is 7.61. The van der Waals surface area contributed by atoms with E-state index in [-0.39, 0.29) is 11.9 Å². The molecule has 2 aliphatic heterocycles. The van der Waals surface area contributed by atoms with Crippen LogP contribution >= 0.6 is 0 Å². The Bertz CT molecular complexity index is 690. The summed E-state index contributed by atoms with van der Waals surface area (Å²) in [5.74, 6) is 0.382. The molecule has 2 unspecified atom stereocenters. The largest absolute Gasteiger partial charge is 0.453 e. The fraction of sp³-hybridized carbons (Fsp3) is 0.471. The van der Waals surface area contributed by atoms with Gasteiger partial charge in [0.1, 0.15) is 11.7 Å². The second-order valence-electron chi connectivity index (χ2n) is 6.13. The van der Waals surface area contributed by atoms with Crippen molar-refractivity contribution < 1.29 is 13.9 Å². The number of nitrogens with zero attached hydrogens (tertiary/aromatic N) is 1. The van der Waals surface area contributed by atoms with Crippen LogP contribution < -0.4 is 0 Å². The van der Waals surface area contributed by atoms with Crippen LogP contribution in [0.15, 0.2) is 28.7 Å². The number of ether oxygens (including phenoxy) is 1. The average Bonchev–Trinajstić information content (AvgIpc) is 3.11. The number of aryl methyl sites for hydroxylation is 1. The minimum absolute atomic E-state index is 0.0331. The van der Waals surface area contributed by atoms with Crippen molar-refractivity contribution in [2.24, 2.45) is 0 Å². The van der Waals surface area contributed by atoms with Crippen LogP contribution in [0.1, 0.15) is 29.0 Å². The lowest BCUT2D eigenvalue weighted by molar-refractivity contribution is -0.0353. The number of carbonyl (C=O) groups is 1. The van der Waals surface area contributed by atoms with E-state index in [0.29, 0.717) is 25.0 Å². The van der Waals surface area contributed by atoms with Gasteiger partial charge in [0.15, 0.2) is 5.76 Å². The Morgan fingerprint density at radius 2 is 2.24 bits per heavy atom. The number of ketones is 1. The molecule has 0 spiro atoms. The van der Waals surface area contributed by atoms with Gasteiger partial charge in [-0.05, 0) is 44.5 Å². The lowest BCUT2D eigenvalue weighted by Crippen LogP contribution is -2.49. The number of Topliss-reactive ketones (excluding diaryl/α,β-unsaturated/α-hetero) is 1. The van der Waals surface area contributed by atoms with E-state index in [0.717, 1.165) is 23.1 Å². The summed E-state index contributed by atoms with van der Waals surface area (Å²) in [6, 6.07) is 8.29. The van der Waals surface area contributed by atoms with Crippen molar-refractivity contribution in [1.29, 1.82) is 0 Å². The molecule has 110 valence electrons. The van der Waals surface area contributed by atoms with Gasteiger partial charge in [0.05, 0.1) is 6.61 Å². The Balaban J connectivity index is 1.58. The topological polar surface area (TPSA) is 42.7 Å². The summed E-state index contributed by atoms with van der Waals surface area (Å²) in [6.07, 6.45) is 2.00. The first kappa shape index (κ1) is 13.0. The van der Waals surface area contributed by atoms with Gasteiger partial charge in [-0.2, -0.15) is 0 Å². The molecule has 4 heteroatoms. The van der Waals surface area contributed by atoms with Gasteiger partial charge >= 0.3 is 0 Å². The van der Waals surface area contributed by atoms with Crippen molar-refractivity contribution in [2.75, 3.05) is 19.7 Å². The Morgan fingerprint density at radius 1 is 1.33 bits per heavy atom. The number of furan rings is 1. The summed E-state index contributed by atoms with van der Waals surface area (Å²) in [4.78, 5) is 15.0. The standard InChI is InChI=1S/C17H19NO3/c1-11-4-5-14-12(7-11)8-15(21-14)17(19)16-9-18-6-2-3-13(18)10-20-16/h4-5,7-8,13,16H,2-3,6,9-10H2,1H3. The first-order chi connectivity index (χ1) is 10.2. The molecule has 4 rings (SSSR count). The molecular formula is C17H19NO3. The maximum atomic E-state index is 12.6. The van der Waals surface area contributed by atoms with Crippen LogP contribution in [0.4, 0.5) is 0 Å². The lowest BCUT2D eigenvalue weighted by atomic mass is 10.1. The number of morpholine rings is 1. The van der Waals surface area contributed by atoms with Crippen molar-refractivity contribution in [3.05, 3.63) is 35.6 Å². The van der Waals surface area contributed by atoms with Gasteiger partial charge in [-0.15, -0.1) is 0 Å². The average molecular weight is 285 g/mol. The molecule has 2 saturated heterocycles. The van der Waals surface area contributed by atoms with Crippen LogP contribution in [0, 0.1) is 6.92 Å². The summed E-state index contributed by atoms with van der Waals surface area (Å²) in [6.45, 7) is 4.47. The van der Waals surface area contributed by atoms with Gasteiger partial charge in [0.25, 0.3) is 0 Å². The van der Waals surface area contributed by atoms with Gasteiger partial charge in [0, 0.05) is 18.0 Å². The second kappa shape index (κ2) is 4.97. The fourth-order valence-corrected chi connectivity index (χ4v) is 3.42. The van der Waals surface area contributed by atoms with Crippen molar-refractivity contribution >= 4 is 16.8 Å². The highest BCUT2D eigenvalue weighted by Gasteiger charge is 2.36. The highest BCUT2D eigenvalue weighted by atomic mass is 16.5. The van der Waals surface area contributed by atoms with Crippen LogP contribution in [0.25, 0.3) is 11.0 Å². The minimum Gasteiger partial charge on any atom is -0.453 e. The van der Waals surface area contributed by atoms with Gasteiger partial charge in [0.2, 0.25) is 5.78 Å². The molecule has 2 atom stereocenters. The van der Waals surface area contributed by atoms with Gasteiger partial charge < -0.3 is 9.15 Å². The molecule has 1 aromatic heterocycles. The Morgan fingerprint density at radius 3 is 3.14 bits per heavy atom. The SMILES string of the molecule is Cc1ccc2oc(C(=O)C3CN4CCCC4CO3)cc2c1. The molecule has 3 heterocycles. The molecule has 0 radical (unpaired) electrons. The Hall–Kier alpha value is -1.65. The highest BCUT2D eigenvalue weighted by molar-refractivity contribution is 6.00. The molecule has 0 N–H and O–H groups in total. The molecule has 0 bridgehead atoms. The van der Waals surface area contributed by atoms with Gasteiger partial charge in [-0.3, -0.25) is 9.69 Å². The monoisotopic (exact) mass is 285 g/mol. The fourth-order valence-electron chi connectivity index (χ4n) is 3.42. The first-order valence-corrected chi connectivity index (χ1v) is 7.61. The molecule has 1 aromatic carbocycles. The van der Waals surface area contributed by atoms with E-state index in [9.17, 15) is 4.79 Å². The van der Waals surface area contributed by atoms with Crippen molar-refractivity contribution in [3.8, 4) is 0 Å². The number of hydrogen-bond donors (Lipinski definition) is 0. The third kappa shape index (κ3) is 2.28. The summed E-state index contributed by atoms with van der Waals surface area (Å²) >= 11 is 0. The normalized spacial score (nSPS) is 26.1. The van der Waals surface area contributed by atoms with Crippen LogP contribution in [-0.2, 0) is 4.74 Å². The van der Waals surface area contributed by atoms with E-state index >= 15 is 0 Å². The van der Waals surface area contributed by atoms with Gasteiger partial charge in [-0.1, -0.05) is 11.6 Å². The van der Waals surface area contributed by atoms with E-state index in [4.69, 9.17) is 9.15 Å². The Kier molecular flexibility index (Phi) is 3.08. The maximum absolute atomic E-state index is 12.6. The Labute approximate surface area is 123 Å². The van der Waals surface area contributed by atoms with Crippen LogP contribution in [0.3, 0.4) is 0 Å². The number of fused-ring (bicyclic) bond motifs is 2. The van der Waals surface area contributed by atoms with Crippen LogP contribution in [0.5, 0.6) is 0 Å².